The van der Waals surface area contributed by atoms with Crippen molar-refractivity contribution in [2.45, 2.75) is 18.1 Å². The number of fused-ring (bicyclic) bond motifs is 1. The van der Waals surface area contributed by atoms with Crippen LogP contribution in [-0.4, -0.2) is 39.7 Å². The molecule has 26 heavy (non-hydrogen) atoms. The van der Waals surface area contributed by atoms with Crippen LogP contribution in [0, 0.1) is 5.82 Å². The molecule has 2 atom stereocenters. The molecular formula is C19H19BrClFN2OS. The summed E-state index contributed by atoms with van der Waals surface area (Å²) in [5.74, 6) is -0.0773. The average Bonchev–Trinajstić information content (AvgIpc) is 2.97. The average molecular weight is 458 g/mol. The van der Waals surface area contributed by atoms with Gasteiger partial charge in [-0.05, 0) is 41.8 Å². The molecule has 0 bridgehead atoms. The second kappa shape index (κ2) is 7.89. The summed E-state index contributed by atoms with van der Waals surface area (Å²) in [5, 5.41) is 13.2. The van der Waals surface area contributed by atoms with Crippen LogP contribution in [0.4, 0.5) is 4.39 Å². The lowest BCUT2D eigenvalue weighted by molar-refractivity contribution is -0.0573. The highest BCUT2D eigenvalue weighted by molar-refractivity contribution is 8.93. The Morgan fingerprint density at radius 1 is 1.12 bits per heavy atom. The van der Waals surface area contributed by atoms with Crippen molar-refractivity contribution in [2.24, 2.45) is 4.99 Å². The van der Waals surface area contributed by atoms with E-state index in [4.69, 9.17) is 11.6 Å². The highest BCUT2D eigenvalue weighted by Crippen LogP contribution is 2.45. The van der Waals surface area contributed by atoms with Gasteiger partial charge < -0.3 is 10.0 Å². The summed E-state index contributed by atoms with van der Waals surface area (Å²) in [4.78, 5) is 6.55. The standard InChI is InChI=1S/C19H18ClFN2OS.BrH/c20-15-6-2-13(3-7-15)17(14-4-8-16(21)9-5-14)19(24)12-25-18-22-10-1-11-23(18)19;/h2-9,17,24H,1,10-12H2;1H. The Morgan fingerprint density at radius 2 is 1.73 bits per heavy atom. The van der Waals surface area contributed by atoms with Crippen molar-refractivity contribution in [1.29, 1.82) is 0 Å². The minimum Gasteiger partial charge on any atom is -0.369 e. The van der Waals surface area contributed by atoms with Gasteiger partial charge in [-0.3, -0.25) is 4.99 Å². The normalized spacial score (nSPS) is 23.0. The highest BCUT2D eigenvalue weighted by Gasteiger charge is 2.50. The van der Waals surface area contributed by atoms with Crippen LogP contribution in [0.5, 0.6) is 0 Å². The molecule has 2 aromatic carbocycles. The Kier molecular flexibility index (Phi) is 5.97. The molecule has 3 nitrogen and oxygen atoms in total. The molecule has 7 heteroatoms. The van der Waals surface area contributed by atoms with Crippen molar-refractivity contribution < 1.29 is 9.50 Å². The Bertz CT molecular complexity index is 757. The summed E-state index contributed by atoms with van der Waals surface area (Å²) >= 11 is 7.63. The predicted molar refractivity (Wildman–Crippen MR) is 111 cm³/mol. The number of amidine groups is 1. The van der Waals surface area contributed by atoms with Gasteiger partial charge in [0.15, 0.2) is 10.9 Å². The fraction of sp³-hybridized carbons (Fsp3) is 0.316. The maximum absolute atomic E-state index is 13.4. The molecule has 2 unspecified atom stereocenters. The van der Waals surface area contributed by atoms with Crippen LogP contribution in [-0.2, 0) is 0 Å². The third-order valence-electron chi connectivity index (χ3n) is 4.77. The molecule has 0 aliphatic carbocycles. The molecule has 1 N–H and O–H groups in total. The first-order valence-electron chi connectivity index (χ1n) is 8.26. The second-order valence-electron chi connectivity index (χ2n) is 6.37. The van der Waals surface area contributed by atoms with E-state index in [1.807, 2.05) is 29.2 Å². The first-order valence-corrected chi connectivity index (χ1v) is 9.62. The summed E-state index contributed by atoms with van der Waals surface area (Å²) in [5.41, 5.74) is 0.722. The second-order valence-corrected chi connectivity index (χ2v) is 7.75. The van der Waals surface area contributed by atoms with Gasteiger partial charge >= 0.3 is 0 Å². The van der Waals surface area contributed by atoms with Gasteiger partial charge in [0.25, 0.3) is 0 Å². The Labute approximate surface area is 172 Å². The van der Waals surface area contributed by atoms with Crippen molar-refractivity contribution in [3.8, 4) is 0 Å². The Morgan fingerprint density at radius 3 is 2.38 bits per heavy atom. The zero-order valence-corrected chi connectivity index (χ0v) is 17.2. The van der Waals surface area contributed by atoms with Gasteiger partial charge in [0.05, 0.1) is 5.92 Å². The summed E-state index contributed by atoms with van der Waals surface area (Å²) in [6, 6.07) is 13.9. The molecular weight excluding hydrogens is 439 g/mol. The largest absolute Gasteiger partial charge is 0.369 e. The molecule has 2 heterocycles. The van der Waals surface area contributed by atoms with Gasteiger partial charge in [-0.25, -0.2) is 4.39 Å². The Hall–Kier alpha value is -1.08. The van der Waals surface area contributed by atoms with E-state index in [9.17, 15) is 9.50 Å². The fourth-order valence-corrected chi connectivity index (χ4v) is 4.97. The lowest BCUT2D eigenvalue weighted by atomic mass is 9.82. The molecule has 1 fully saturated rings. The lowest BCUT2D eigenvalue weighted by Crippen LogP contribution is -2.53. The van der Waals surface area contributed by atoms with Crippen LogP contribution in [0.15, 0.2) is 53.5 Å². The molecule has 4 rings (SSSR count). The van der Waals surface area contributed by atoms with Crippen LogP contribution >= 0.6 is 40.3 Å². The zero-order chi connectivity index (χ0) is 17.4. The highest BCUT2D eigenvalue weighted by atomic mass is 79.9. The van der Waals surface area contributed by atoms with Gasteiger partial charge in [-0.15, -0.1) is 17.0 Å². The van der Waals surface area contributed by atoms with Crippen molar-refractivity contribution in [3.05, 3.63) is 70.5 Å². The van der Waals surface area contributed by atoms with Crippen LogP contribution in [0.25, 0.3) is 0 Å². The summed E-state index contributed by atoms with van der Waals surface area (Å²) in [7, 11) is 0. The molecule has 138 valence electrons. The molecule has 0 aromatic heterocycles. The number of hydrogen-bond acceptors (Lipinski definition) is 4. The first-order chi connectivity index (χ1) is 12.1. The van der Waals surface area contributed by atoms with Crippen molar-refractivity contribution in [3.63, 3.8) is 0 Å². The van der Waals surface area contributed by atoms with E-state index in [1.54, 1.807) is 23.9 Å². The van der Waals surface area contributed by atoms with Gasteiger partial charge in [0, 0.05) is 23.9 Å². The van der Waals surface area contributed by atoms with Gasteiger partial charge in [0.2, 0.25) is 0 Å². The van der Waals surface area contributed by atoms with Crippen LogP contribution in [0.1, 0.15) is 23.5 Å². The maximum atomic E-state index is 13.4. The quantitative estimate of drug-likeness (QED) is 0.726. The van der Waals surface area contributed by atoms with E-state index in [-0.39, 0.29) is 28.7 Å². The number of aliphatic hydroxyl groups is 1. The van der Waals surface area contributed by atoms with Crippen molar-refractivity contribution >= 4 is 45.5 Å². The van der Waals surface area contributed by atoms with E-state index in [1.165, 1.54) is 12.1 Å². The van der Waals surface area contributed by atoms with Gasteiger partial charge in [-0.1, -0.05) is 47.6 Å². The van der Waals surface area contributed by atoms with Crippen LogP contribution in [0.2, 0.25) is 5.02 Å². The summed E-state index contributed by atoms with van der Waals surface area (Å²) in [6.07, 6.45) is 0.920. The maximum Gasteiger partial charge on any atom is 0.161 e. The minimum atomic E-state index is -1.10. The summed E-state index contributed by atoms with van der Waals surface area (Å²) in [6.45, 7) is 1.57. The SMILES string of the molecule is Br.OC1(C(c2ccc(F)cc2)c2ccc(Cl)cc2)CSC2=NCCCN21. The zero-order valence-electron chi connectivity index (χ0n) is 13.9. The predicted octanol–water partition coefficient (Wildman–Crippen LogP) is 4.69. The molecule has 2 aromatic rings. The molecule has 0 amide bonds. The smallest absolute Gasteiger partial charge is 0.161 e. The number of thioether (sulfide) groups is 1. The molecule has 1 saturated heterocycles. The fourth-order valence-electron chi connectivity index (χ4n) is 3.59. The molecule has 2 aliphatic rings. The van der Waals surface area contributed by atoms with Gasteiger partial charge in [0.1, 0.15) is 5.82 Å². The third-order valence-corrected chi connectivity index (χ3v) is 6.20. The van der Waals surface area contributed by atoms with E-state index < -0.39 is 5.72 Å². The van der Waals surface area contributed by atoms with Crippen LogP contribution < -0.4 is 0 Å². The van der Waals surface area contributed by atoms with Crippen molar-refractivity contribution in [1.82, 2.24) is 4.90 Å². The monoisotopic (exact) mass is 456 g/mol. The molecule has 2 aliphatic heterocycles. The Balaban J connectivity index is 0.00000196. The van der Waals surface area contributed by atoms with Crippen molar-refractivity contribution in [2.75, 3.05) is 18.8 Å². The van der Waals surface area contributed by atoms with Crippen LogP contribution in [0.3, 0.4) is 0 Å². The number of benzene rings is 2. The van der Waals surface area contributed by atoms with E-state index >= 15 is 0 Å². The van der Waals surface area contributed by atoms with Gasteiger partial charge in [-0.2, -0.15) is 0 Å². The van der Waals surface area contributed by atoms with E-state index in [0.717, 1.165) is 35.8 Å². The molecule has 0 saturated carbocycles. The summed E-state index contributed by atoms with van der Waals surface area (Å²) < 4.78 is 13.4. The first kappa shape index (κ1) is 19.7. The number of rotatable bonds is 3. The number of hydrogen-bond donors (Lipinski definition) is 1. The number of halogens is 3. The molecule has 0 radical (unpaired) electrons. The topological polar surface area (TPSA) is 35.8 Å². The minimum absolute atomic E-state index is 0. The molecule has 0 spiro atoms. The number of nitrogens with zero attached hydrogens (tertiary/aromatic N) is 2. The van der Waals surface area contributed by atoms with E-state index in [2.05, 4.69) is 4.99 Å². The van der Waals surface area contributed by atoms with E-state index in [0.29, 0.717) is 10.8 Å². The lowest BCUT2D eigenvalue weighted by Gasteiger charge is -2.42. The third kappa shape index (κ3) is 3.52. The number of aliphatic imine (C=N–C) groups is 1.